The summed E-state index contributed by atoms with van der Waals surface area (Å²) in [6, 6.07) is 0. The topological polar surface area (TPSA) is 87.0 Å². The van der Waals surface area contributed by atoms with E-state index in [9.17, 15) is 4.79 Å². The van der Waals surface area contributed by atoms with Gasteiger partial charge in [-0.1, -0.05) is 0 Å². The molecule has 0 amide bonds. The minimum atomic E-state index is -1.50. The molecular formula is C5H11AsO5. The van der Waals surface area contributed by atoms with Crippen LogP contribution in [0.5, 0.6) is 0 Å². The Morgan fingerprint density at radius 1 is 1.55 bits per heavy atom. The average molecular weight is 226 g/mol. The molecule has 0 saturated heterocycles. The first-order chi connectivity index (χ1) is 5.17. The molecule has 66 valence electrons. The fourth-order valence-electron chi connectivity index (χ4n) is 0.532. The van der Waals surface area contributed by atoms with E-state index < -0.39 is 24.9 Å². The van der Waals surface area contributed by atoms with Crippen LogP contribution >= 0.6 is 0 Å². The number of hydrogen-bond acceptors (Lipinski definition) is 5. The normalized spacial score (nSPS) is 18.9. The molecule has 0 rings (SSSR count). The van der Waals surface area contributed by atoms with E-state index in [1.165, 1.54) is 0 Å². The zero-order chi connectivity index (χ0) is 8.85. The van der Waals surface area contributed by atoms with Crippen molar-refractivity contribution in [1.29, 1.82) is 0 Å². The van der Waals surface area contributed by atoms with Crippen LogP contribution in [0.25, 0.3) is 0 Å². The van der Waals surface area contributed by atoms with Gasteiger partial charge in [-0.15, -0.1) is 0 Å². The molecule has 0 radical (unpaired) electrons. The average Bonchev–Trinajstić information content (AvgIpc) is 2.05. The standard InChI is InChI=1S/C5H11AsO5/c6-11-4(2-8)5(10)3(9)1-7/h1,3-5,8-10H,2,6H2/t3-,4-,5+/m0/s1. The summed E-state index contributed by atoms with van der Waals surface area (Å²) in [6.07, 6.45) is -3.55. The molecular weight excluding hydrogens is 215 g/mol. The van der Waals surface area contributed by atoms with E-state index >= 15 is 0 Å². The van der Waals surface area contributed by atoms with Gasteiger partial charge in [0.05, 0.1) is 0 Å². The number of aldehydes is 1. The summed E-state index contributed by atoms with van der Waals surface area (Å²) >= 11 is 0.845. The van der Waals surface area contributed by atoms with Crippen molar-refractivity contribution in [2.45, 2.75) is 18.3 Å². The molecule has 3 N–H and O–H groups in total. The van der Waals surface area contributed by atoms with E-state index in [0.29, 0.717) is 0 Å². The van der Waals surface area contributed by atoms with E-state index in [-0.39, 0.29) is 6.29 Å². The van der Waals surface area contributed by atoms with E-state index in [1.807, 2.05) is 0 Å². The maximum atomic E-state index is 9.94. The van der Waals surface area contributed by atoms with Crippen molar-refractivity contribution in [3.8, 4) is 0 Å². The molecule has 0 heterocycles. The zero-order valence-corrected chi connectivity index (χ0v) is 8.17. The molecule has 0 aliphatic heterocycles. The molecule has 6 heteroatoms. The van der Waals surface area contributed by atoms with Gasteiger partial charge < -0.3 is 0 Å². The summed E-state index contributed by atoms with van der Waals surface area (Å²) in [5, 5.41) is 26.3. The van der Waals surface area contributed by atoms with Crippen molar-refractivity contribution in [2.24, 2.45) is 0 Å². The molecule has 0 aromatic rings. The third-order valence-electron chi connectivity index (χ3n) is 1.22. The molecule has 4 atom stereocenters. The number of rotatable bonds is 5. The van der Waals surface area contributed by atoms with Gasteiger partial charge in [-0.05, 0) is 0 Å². The van der Waals surface area contributed by atoms with Crippen molar-refractivity contribution in [2.75, 3.05) is 6.61 Å². The minimum absolute atomic E-state index is 0.194. The van der Waals surface area contributed by atoms with Gasteiger partial charge in [-0.2, -0.15) is 0 Å². The second-order valence-electron chi connectivity index (χ2n) is 1.97. The van der Waals surface area contributed by atoms with Crippen LogP contribution in [0.2, 0.25) is 0 Å². The Bertz CT molecular complexity index is 115. The van der Waals surface area contributed by atoms with Crippen LogP contribution < -0.4 is 0 Å². The van der Waals surface area contributed by atoms with Gasteiger partial charge in [0, 0.05) is 0 Å². The van der Waals surface area contributed by atoms with Crippen LogP contribution in [0.15, 0.2) is 0 Å². The van der Waals surface area contributed by atoms with Crippen LogP contribution in [-0.2, 0) is 8.52 Å². The molecule has 11 heavy (non-hydrogen) atoms. The van der Waals surface area contributed by atoms with Crippen LogP contribution in [0.4, 0.5) is 0 Å². The number of carbonyl (C=O) groups excluding carboxylic acids is 1. The summed E-state index contributed by atoms with van der Waals surface area (Å²) in [5.41, 5.74) is 0. The van der Waals surface area contributed by atoms with Gasteiger partial charge in [-0.25, -0.2) is 0 Å². The number of aliphatic hydroxyl groups is 3. The first-order valence-corrected chi connectivity index (χ1v) is 3.94. The van der Waals surface area contributed by atoms with E-state index in [4.69, 9.17) is 15.3 Å². The Hall–Kier alpha value is 0.0684. The van der Waals surface area contributed by atoms with Gasteiger partial charge in [0.15, 0.2) is 0 Å². The van der Waals surface area contributed by atoms with Crippen molar-refractivity contribution < 1.29 is 23.8 Å². The first kappa shape index (κ1) is 11.1. The van der Waals surface area contributed by atoms with Crippen molar-refractivity contribution in [3.63, 3.8) is 0 Å². The summed E-state index contributed by atoms with van der Waals surface area (Å²) in [6.45, 7) is -0.426. The number of carbonyl (C=O) groups is 1. The summed E-state index contributed by atoms with van der Waals surface area (Å²) in [7, 11) is 0. The summed E-state index contributed by atoms with van der Waals surface area (Å²) in [5.74, 6) is 0. The Kier molecular flexibility index (Phi) is 5.72. The van der Waals surface area contributed by atoms with Gasteiger partial charge in [0.2, 0.25) is 0 Å². The van der Waals surface area contributed by atoms with Gasteiger partial charge in [0.1, 0.15) is 0 Å². The number of hydrogen-bond donors (Lipinski definition) is 3. The Morgan fingerprint density at radius 3 is 2.36 bits per heavy atom. The van der Waals surface area contributed by atoms with Crippen molar-refractivity contribution >= 4 is 23.5 Å². The van der Waals surface area contributed by atoms with E-state index in [1.54, 1.807) is 0 Å². The molecule has 0 bridgehead atoms. The fourth-order valence-corrected chi connectivity index (χ4v) is 1.05. The summed E-state index contributed by atoms with van der Waals surface area (Å²) < 4.78 is 4.63. The second-order valence-corrected chi connectivity index (χ2v) is 2.55. The molecule has 0 fully saturated rings. The van der Waals surface area contributed by atoms with Crippen molar-refractivity contribution in [3.05, 3.63) is 0 Å². The van der Waals surface area contributed by atoms with Crippen LogP contribution in [-0.4, -0.2) is 63.7 Å². The third kappa shape index (κ3) is 3.31. The third-order valence-corrected chi connectivity index (χ3v) is 1.96. The maximum absolute atomic E-state index is 9.94. The molecule has 0 aromatic heterocycles. The van der Waals surface area contributed by atoms with Crippen LogP contribution in [0.3, 0.4) is 0 Å². The molecule has 0 aromatic carbocycles. The first-order valence-electron chi connectivity index (χ1n) is 2.95. The zero-order valence-electron chi connectivity index (χ0n) is 5.75. The van der Waals surface area contributed by atoms with Crippen LogP contribution in [0, 0.1) is 0 Å². The Labute approximate surface area is 72.8 Å². The molecule has 5 nitrogen and oxygen atoms in total. The van der Waals surface area contributed by atoms with Crippen LogP contribution in [0.1, 0.15) is 0 Å². The predicted octanol–water partition coefficient (Wildman–Crippen LogP) is -3.17. The second kappa shape index (κ2) is 5.68. The number of aliphatic hydroxyl groups excluding tert-OH is 3. The van der Waals surface area contributed by atoms with E-state index in [2.05, 4.69) is 3.73 Å². The molecule has 0 saturated carbocycles. The quantitative estimate of drug-likeness (QED) is 0.340. The molecule has 0 spiro atoms. The van der Waals surface area contributed by atoms with Gasteiger partial charge in [0.25, 0.3) is 0 Å². The SMILES string of the molecule is O=C[C@H](O)[C@@H](O)[C@H](CO)O[AsH2]. The Morgan fingerprint density at radius 2 is 2.09 bits per heavy atom. The van der Waals surface area contributed by atoms with Crippen molar-refractivity contribution in [1.82, 2.24) is 0 Å². The molecule has 0 aliphatic rings. The molecule has 0 aliphatic carbocycles. The van der Waals surface area contributed by atoms with E-state index in [0.717, 1.165) is 17.2 Å². The molecule has 1 unspecified atom stereocenters. The Balaban J connectivity index is 3.95. The fraction of sp³-hybridized carbons (Fsp3) is 0.800. The predicted molar refractivity (Wildman–Crippen MR) is 38.6 cm³/mol. The van der Waals surface area contributed by atoms with Gasteiger partial charge in [-0.3, -0.25) is 0 Å². The van der Waals surface area contributed by atoms with Gasteiger partial charge >= 0.3 is 72.2 Å². The monoisotopic (exact) mass is 226 g/mol. The summed E-state index contributed by atoms with van der Waals surface area (Å²) in [4.78, 5) is 9.94.